The second-order valence-electron chi connectivity index (χ2n) is 5.53. The number of nitrogens with two attached hydrogens (primary N) is 1. The zero-order chi connectivity index (χ0) is 12.4. The van der Waals surface area contributed by atoms with E-state index >= 15 is 0 Å². The van der Waals surface area contributed by atoms with Gasteiger partial charge in [-0.25, -0.2) is 4.79 Å². The minimum Gasteiger partial charge on any atom is -0.444 e. The molecule has 0 aromatic rings. The molecule has 0 aromatic carbocycles. The molecule has 0 spiro atoms. The highest BCUT2D eigenvalue weighted by molar-refractivity contribution is 5.68. The van der Waals surface area contributed by atoms with Crippen molar-refractivity contribution < 1.29 is 14.6 Å². The molecule has 0 radical (unpaired) electrons. The number of aliphatic hydroxyl groups excluding tert-OH is 1. The molecule has 0 aromatic heterocycles. The molecule has 0 bridgehead atoms. The van der Waals surface area contributed by atoms with Crippen LogP contribution < -0.4 is 5.73 Å². The van der Waals surface area contributed by atoms with Crippen LogP contribution in [-0.2, 0) is 4.74 Å². The van der Waals surface area contributed by atoms with Crippen LogP contribution in [0.4, 0.5) is 4.79 Å². The summed E-state index contributed by atoms with van der Waals surface area (Å²) in [6, 6.07) is 0. The highest BCUT2D eigenvalue weighted by Gasteiger charge is 2.34. The predicted octanol–water partition coefficient (Wildman–Crippen LogP) is 0.707. The van der Waals surface area contributed by atoms with E-state index in [2.05, 4.69) is 0 Å². The Balaban J connectivity index is 2.57. The van der Waals surface area contributed by atoms with Crippen molar-refractivity contribution in [3.8, 4) is 0 Å². The maximum Gasteiger partial charge on any atom is 0.410 e. The Morgan fingerprint density at radius 2 is 2.19 bits per heavy atom. The molecule has 3 N–H and O–H groups in total. The lowest BCUT2D eigenvalue weighted by atomic mass is 9.91. The van der Waals surface area contributed by atoms with Crippen LogP contribution in [0.1, 0.15) is 33.6 Å². The molecule has 1 rings (SSSR count). The van der Waals surface area contributed by atoms with Gasteiger partial charge in [0.05, 0.1) is 12.1 Å². The Hall–Kier alpha value is -0.810. The van der Waals surface area contributed by atoms with Crippen LogP contribution in [0.15, 0.2) is 0 Å². The lowest BCUT2D eigenvalue weighted by molar-refractivity contribution is 0.00909. The molecule has 1 aliphatic heterocycles. The molecular weight excluding hydrogens is 208 g/mol. The summed E-state index contributed by atoms with van der Waals surface area (Å²) in [6.07, 6.45) is 1.19. The summed E-state index contributed by atoms with van der Waals surface area (Å²) in [5.41, 5.74) is 4.78. The van der Waals surface area contributed by atoms with Crippen LogP contribution in [0.3, 0.4) is 0 Å². The average molecular weight is 230 g/mol. The predicted molar refractivity (Wildman–Crippen MR) is 61.0 cm³/mol. The molecule has 0 aliphatic carbocycles. The first-order valence-electron chi connectivity index (χ1n) is 5.63. The van der Waals surface area contributed by atoms with Gasteiger partial charge in [0.1, 0.15) is 5.60 Å². The molecule has 1 unspecified atom stereocenters. The Morgan fingerprint density at radius 3 is 2.69 bits per heavy atom. The van der Waals surface area contributed by atoms with Crippen molar-refractivity contribution in [2.75, 3.05) is 19.7 Å². The van der Waals surface area contributed by atoms with Gasteiger partial charge in [-0.05, 0) is 33.6 Å². The molecule has 5 heteroatoms. The van der Waals surface area contributed by atoms with E-state index in [1.807, 2.05) is 20.8 Å². The van der Waals surface area contributed by atoms with E-state index in [1.54, 1.807) is 4.90 Å². The Bertz CT molecular complexity index is 262. The second-order valence-corrected chi connectivity index (χ2v) is 5.53. The van der Waals surface area contributed by atoms with Crippen LogP contribution in [0.5, 0.6) is 0 Å². The van der Waals surface area contributed by atoms with E-state index < -0.39 is 11.1 Å². The zero-order valence-corrected chi connectivity index (χ0v) is 10.3. The molecule has 1 aliphatic rings. The van der Waals surface area contributed by atoms with Gasteiger partial charge in [-0.15, -0.1) is 0 Å². The molecule has 1 atom stereocenters. The zero-order valence-electron chi connectivity index (χ0n) is 10.3. The van der Waals surface area contributed by atoms with Crippen LogP contribution in [0.25, 0.3) is 0 Å². The minimum absolute atomic E-state index is 0.105. The van der Waals surface area contributed by atoms with Crippen molar-refractivity contribution in [2.24, 2.45) is 5.73 Å². The van der Waals surface area contributed by atoms with Gasteiger partial charge in [0.15, 0.2) is 0 Å². The number of amides is 1. The fourth-order valence-corrected chi connectivity index (χ4v) is 1.77. The van der Waals surface area contributed by atoms with Crippen molar-refractivity contribution in [1.29, 1.82) is 0 Å². The summed E-state index contributed by atoms with van der Waals surface area (Å²) in [5, 5.41) is 9.18. The number of piperidine rings is 1. The minimum atomic E-state index is -0.671. The standard InChI is InChI=1S/C11H22N2O3/c1-10(2,3)16-9(15)13-6-4-5-11(12,7-13)8-14/h14H,4-8,12H2,1-3H3. The van der Waals surface area contributed by atoms with E-state index in [0.717, 1.165) is 12.8 Å². The number of ether oxygens (including phenoxy) is 1. The number of hydrogen-bond donors (Lipinski definition) is 2. The van der Waals surface area contributed by atoms with Crippen molar-refractivity contribution >= 4 is 6.09 Å². The third kappa shape index (κ3) is 3.64. The molecule has 0 saturated carbocycles. The topological polar surface area (TPSA) is 75.8 Å². The van der Waals surface area contributed by atoms with Gasteiger partial charge in [0, 0.05) is 13.1 Å². The van der Waals surface area contributed by atoms with Gasteiger partial charge < -0.3 is 20.5 Å². The maximum absolute atomic E-state index is 11.8. The number of aliphatic hydroxyl groups is 1. The maximum atomic E-state index is 11.8. The van der Waals surface area contributed by atoms with Crippen molar-refractivity contribution in [3.63, 3.8) is 0 Å². The molecule has 1 fully saturated rings. The molecule has 94 valence electrons. The van der Waals surface area contributed by atoms with Gasteiger partial charge in [-0.3, -0.25) is 0 Å². The third-order valence-corrected chi connectivity index (χ3v) is 2.58. The first-order valence-corrected chi connectivity index (χ1v) is 5.63. The fraction of sp³-hybridized carbons (Fsp3) is 0.909. The van der Waals surface area contributed by atoms with Crippen LogP contribution in [0, 0.1) is 0 Å². The molecule has 16 heavy (non-hydrogen) atoms. The summed E-state index contributed by atoms with van der Waals surface area (Å²) in [6.45, 7) is 6.39. The molecular formula is C11H22N2O3. The lowest BCUT2D eigenvalue weighted by Gasteiger charge is -2.39. The number of rotatable bonds is 1. The molecule has 1 heterocycles. The van der Waals surface area contributed by atoms with Crippen molar-refractivity contribution in [1.82, 2.24) is 4.90 Å². The van der Waals surface area contributed by atoms with E-state index in [-0.39, 0.29) is 12.7 Å². The van der Waals surface area contributed by atoms with Crippen LogP contribution in [0.2, 0.25) is 0 Å². The van der Waals surface area contributed by atoms with Crippen LogP contribution >= 0.6 is 0 Å². The van der Waals surface area contributed by atoms with Crippen molar-refractivity contribution in [2.45, 2.75) is 44.8 Å². The number of hydrogen-bond acceptors (Lipinski definition) is 4. The summed E-state index contributed by atoms with van der Waals surface area (Å²) >= 11 is 0. The Labute approximate surface area is 96.6 Å². The van der Waals surface area contributed by atoms with E-state index in [9.17, 15) is 9.90 Å². The third-order valence-electron chi connectivity index (χ3n) is 2.58. The monoisotopic (exact) mass is 230 g/mol. The second kappa shape index (κ2) is 4.59. The lowest BCUT2D eigenvalue weighted by Crippen LogP contribution is -2.58. The number of carbonyl (C=O) groups excluding carboxylic acids is 1. The smallest absolute Gasteiger partial charge is 0.410 e. The van der Waals surface area contributed by atoms with E-state index in [4.69, 9.17) is 10.5 Å². The number of likely N-dealkylation sites (tertiary alicyclic amines) is 1. The van der Waals surface area contributed by atoms with Crippen molar-refractivity contribution in [3.05, 3.63) is 0 Å². The van der Waals surface area contributed by atoms with Gasteiger partial charge in [-0.2, -0.15) is 0 Å². The highest BCUT2D eigenvalue weighted by atomic mass is 16.6. The first-order chi connectivity index (χ1) is 7.26. The molecule has 1 amide bonds. The van der Waals surface area contributed by atoms with Crippen LogP contribution in [-0.4, -0.2) is 46.9 Å². The number of nitrogens with zero attached hydrogens (tertiary/aromatic N) is 1. The van der Waals surface area contributed by atoms with E-state index in [0.29, 0.717) is 13.1 Å². The highest BCUT2D eigenvalue weighted by Crippen LogP contribution is 2.20. The summed E-state index contributed by atoms with van der Waals surface area (Å²) in [5.74, 6) is 0. The molecule has 5 nitrogen and oxygen atoms in total. The Morgan fingerprint density at radius 1 is 1.56 bits per heavy atom. The Kier molecular flexibility index (Phi) is 3.80. The van der Waals surface area contributed by atoms with Gasteiger partial charge in [0.25, 0.3) is 0 Å². The fourth-order valence-electron chi connectivity index (χ4n) is 1.77. The van der Waals surface area contributed by atoms with Gasteiger partial charge in [-0.1, -0.05) is 0 Å². The summed E-state index contributed by atoms with van der Waals surface area (Å²) in [4.78, 5) is 13.4. The van der Waals surface area contributed by atoms with E-state index in [1.165, 1.54) is 0 Å². The summed E-state index contributed by atoms with van der Waals surface area (Å²) < 4.78 is 5.26. The van der Waals surface area contributed by atoms with Gasteiger partial charge in [0.2, 0.25) is 0 Å². The largest absolute Gasteiger partial charge is 0.444 e. The molecule has 1 saturated heterocycles. The normalized spacial score (nSPS) is 26.7. The first kappa shape index (κ1) is 13.3. The SMILES string of the molecule is CC(C)(C)OC(=O)N1CCCC(N)(CO)C1. The van der Waals surface area contributed by atoms with Gasteiger partial charge >= 0.3 is 6.09 Å². The quantitative estimate of drug-likeness (QED) is 0.695. The summed E-state index contributed by atoms with van der Waals surface area (Å²) in [7, 11) is 0. The average Bonchev–Trinajstić information content (AvgIpc) is 2.15. The number of carbonyl (C=O) groups is 1.